The fraction of sp³-hybridized carbons (Fsp3) is 0.375. The van der Waals surface area contributed by atoms with E-state index in [-0.39, 0.29) is 5.78 Å². The van der Waals surface area contributed by atoms with E-state index in [0.717, 1.165) is 0 Å². The lowest BCUT2D eigenvalue weighted by molar-refractivity contribution is 0.104. The molecular weight excluding hydrogens is 268 g/mol. The third-order valence-electron chi connectivity index (χ3n) is 2.77. The highest BCUT2D eigenvalue weighted by atomic mass is 16.6. The Hall–Kier alpha value is -2.30. The van der Waals surface area contributed by atoms with E-state index in [9.17, 15) is 9.59 Å². The van der Waals surface area contributed by atoms with Gasteiger partial charge >= 0.3 is 6.09 Å². The Balaban J connectivity index is 2.98. The summed E-state index contributed by atoms with van der Waals surface area (Å²) in [4.78, 5) is 27.2. The molecule has 0 unspecified atom stereocenters. The van der Waals surface area contributed by atoms with Crippen molar-refractivity contribution < 1.29 is 14.3 Å². The predicted molar refractivity (Wildman–Crippen MR) is 83.6 cm³/mol. The van der Waals surface area contributed by atoms with Crippen LogP contribution in [-0.2, 0) is 4.74 Å². The average molecular weight is 290 g/mol. The monoisotopic (exact) mass is 290 g/mol. The molecule has 1 aromatic carbocycles. The van der Waals surface area contributed by atoms with Gasteiger partial charge in [0.15, 0.2) is 5.78 Å². The molecule has 1 rings (SSSR count). The van der Waals surface area contributed by atoms with Crippen molar-refractivity contribution in [3.05, 3.63) is 42.1 Å². The maximum atomic E-state index is 12.1. The number of carbonyl (C=O) groups is 2. The lowest BCUT2D eigenvalue weighted by Gasteiger charge is -2.20. The van der Waals surface area contributed by atoms with Crippen molar-refractivity contribution in [1.82, 2.24) is 4.90 Å². The van der Waals surface area contributed by atoms with Crippen molar-refractivity contribution in [2.24, 2.45) is 0 Å². The number of ketones is 1. The quantitative estimate of drug-likeness (QED) is 0.597. The lowest BCUT2D eigenvalue weighted by atomic mass is 10.1. The number of rotatable bonds is 6. The summed E-state index contributed by atoms with van der Waals surface area (Å²) in [7, 11) is 3.69. The zero-order valence-electron chi connectivity index (χ0n) is 13.0. The topological polar surface area (TPSA) is 49.9 Å². The summed E-state index contributed by atoms with van der Waals surface area (Å²) in [6.45, 7) is 4.42. The van der Waals surface area contributed by atoms with Crippen molar-refractivity contribution in [1.29, 1.82) is 0 Å². The molecule has 1 amide bonds. The van der Waals surface area contributed by atoms with Crippen LogP contribution in [0.4, 0.5) is 10.5 Å². The average Bonchev–Trinajstić information content (AvgIpc) is 2.46. The number of amides is 1. The Morgan fingerprint density at radius 3 is 2.52 bits per heavy atom. The van der Waals surface area contributed by atoms with Gasteiger partial charge in [-0.2, -0.15) is 0 Å². The maximum Gasteiger partial charge on any atom is 0.414 e. The molecule has 0 aromatic heterocycles. The number of ether oxygens (including phenoxy) is 1. The van der Waals surface area contributed by atoms with E-state index in [4.69, 9.17) is 4.74 Å². The van der Waals surface area contributed by atoms with Gasteiger partial charge in [0, 0.05) is 44.2 Å². The van der Waals surface area contributed by atoms with Crippen LogP contribution in [0.3, 0.4) is 0 Å². The first-order chi connectivity index (χ1) is 9.99. The minimum absolute atomic E-state index is 0.106. The number of anilines is 1. The maximum absolute atomic E-state index is 12.1. The van der Waals surface area contributed by atoms with Gasteiger partial charge in [0.25, 0.3) is 0 Å². The first kappa shape index (κ1) is 16.8. The standard InChI is InChI=1S/C16H22N2O3/c1-5-18(16(20)21-6-2)14-9-7-8-13(12-14)15(19)10-11-17(3)4/h7-12H,5-6H2,1-4H3. The SMILES string of the molecule is CCOC(=O)N(CC)c1cccc(C(=O)C=CN(C)C)c1. The van der Waals surface area contributed by atoms with Crippen LogP contribution in [0.2, 0.25) is 0 Å². The third-order valence-corrected chi connectivity index (χ3v) is 2.77. The zero-order valence-corrected chi connectivity index (χ0v) is 13.0. The second kappa shape index (κ2) is 8.09. The summed E-state index contributed by atoms with van der Waals surface area (Å²) in [5.41, 5.74) is 1.19. The molecule has 0 aliphatic heterocycles. The van der Waals surface area contributed by atoms with Gasteiger partial charge < -0.3 is 9.64 Å². The first-order valence-electron chi connectivity index (χ1n) is 6.92. The van der Waals surface area contributed by atoms with Crippen LogP contribution >= 0.6 is 0 Å². The molecule has 0 aliphatic rings. The van der Waals surface area contributed by atoms with Gasteiger partial charge in [-0.25, -0.2) is 4.79 Å². The summed E-state index contributed by atoms with van der Waals surface area (Å²) in [6, 6.07) is 6.97. The van der Waals surface area contributed by atoms with Gasteiger partial charge in [0.05, 0.1) is 6.61 Å². The highest BCUT2D eigenvalue weighted by molar-refractivity contribution is 6.05. The van der Waals surface area contributed by atoms with Crippen molar-refractivity contribution in [3.8, 4) is 0 Å². The number of carbonyl (C=O) groups excluding carboxylic acids is 2. The van der Waals surface area contributed by atoms with Crippen molar-refractivity contribution in [2.75, 3.05) is 32.1 Å². The summed E-state index contributed by atoms with van der Waals surface area (Å²) < 4.78 is 5.01. The van der Waals surface area contributed by atoms with Gasteiger partial charge in [0.1, 0.15) is 0 Å². The van der Waals surface area contributed by atoms with Crippen LogP contribution in [0.25, 0.3) is 0 Å². The Morgan fingerprint density at radius 2 is 1.95 bits per heavy atom. The normalized spacial score (nSPS) is 10.5. The fourth-order valence-electron chi connectivity index (χ4n) is 1.76. The minimum Gasteiger partial charge on any atom is -0.449 e. The molecule has 5 heteroatoms. The van der Waals surface area contributed by atoms with Gasteiger partial charge in [-0.3, -0.25) is 9.69 Å². The van der Waals surface area contributed by atoms with Crippen LogP contribution in [-0.4, -0.2) is 44.0 Å². The molecule has 0 heterocycles. The van der Waals surface area contributed by atoms with Crippen LogP contribution in [0.5, 0.6) is 0 Å². The summed E-state index contributed by atoms with van der Waals surface area (Å²) in [5.74, 6) is -0.106. The first-order valence-corrected chi connectivity index (χ1v) is 6.92. The van der Waals surface area contributed by atoms with Gasteiger partial charge in [-0.15, -0.1) is 0 Å². The van der Waals surface area contributed by atoms with E-state index >= 15 is 0 Å². The van der Waals surface area contributed by atoms with Crippen LogP contribution in [0, 0.1) is 0 Å². The molecule has 0 atom stereocenters. The van der Waals surface area contributed by atoms with E-state index in [1.807, 2.05) is 21.0 Å². The van der Waals surface area contributed by atoms with E-state index < -0.39 is 6.09 Å². The van der Waals surface area contributed by atoms with E-state index in [2.05, 4.69) is 0 Å². The summed E-state index contributed by atoms with van der Waals surface area (Å²) >= 11 is 0. The van der Waals surface area contributed by atoms with Crippen molar-refractivity contribution in [3.63, 3.8) is 0 Å². The molecule has 0 N–H and O–H groups in total. The zero-order chi connectivity index (χ0) is 15.8. The number of hydrogen-bond acceptors (Lipinski definition) is 4. The molecule has 0 fully saturated rings. The van der Waals surface area contributed by atoms with Gasteiger partial charge in [-0.05, 0) is 26.0 Å². The lowest BCUT2D eigenvalue weighted by Crippen LogP contribution is -2.31. The number of benzene rings is 1. The molecule has 0 radical (unpaired) electrons. The number of allylic oxidation sites excluding steroid dienone is 1. The van der Waals surface area contributed by atoms with Gasteiger partial charge in [-0.1, -0.05) is 12.1 Å². The second-order valence-corrected chi connectivity index (χ2v) is 4.64. The van der Waals surface area contributed by atoms with E-state index in [0.29, 0.717) is 24.4 Å². The van der Waals surface area contributed by atoms with E-state index in [1.54, 1.807) is 42.3 Å². The minimum atomic E-state index is -0.409. The fourth-order valence-corrected chi connectivity index (χ4v) is 1.76. The van der Waals surface area contributed by atoms with Gasteiger partial charge in [0.2, 0.25) is 0 Å². The Labute approximate surface area is 125 Å². The molecular formula is C16H22N2O3. The Kier molecular flexibility index (Phi) is 6.46. The number of nitrogens with zero attached hydrogens (tertiary/aromatic N) is 2. The summed E-state index contributed by atoms with van der Waals surface area (Å²) in [5, 5.41) is 0. The Morgan fingerprint density at radius 1 is 1.24 bits per heavy atom. The molecule has 1 aromatic rings. The predicted octanol–water partition coefficient (Wildman–Crippen LogP) is 2.93. The van der Waals surface area contributed by atoms with Crippen LogP contribution < -0.4 is 4.90 Å². The summed E-state index contributed by atoms with van der Waals surface area (Å²) in [6.07, 6.45) is 2.78. The molecule has 5 nitrogen and oxygen atoms in total. The molecule has 0 saturated carbocycles. The molecule has 0 saturated heterocycles. The molecule has 114 valence electrons. The molecule has 0 spiro atoms. The molecule has 0 aliphatic carbocycles. The highest BCUT2D eigenvalue weighted by Crippen LogP contribution is 2.18. The van der Waals surface area contributed by atoms with Crippen molar-refractivity contribution >= 4 is 17.6 Å². The smallest absolute Gasteiger partial charge is 0.414 e. The second-order valence-electron chi connectivity index (χ2n) is 4.64. The van der Waals surface area contributed by atoms with Crippen LogP contribution in [0.15, 0.2) is 36.5 Å². The largest absolute Gasteiger partial charge is 0.449 e. The van der Waals surface area contributed by atoms with E-state index in [1.165, 1.54) is 11.0 Å². The molecule has 0 bridgehead atoms. The third kappa shape index (κ3) is 4.95. The Bertz CT molecular complexity index is 524. The highest BCUT2D eigenvalue weighted by Gasteiger charge is 2.15. The van der Waals surface area contributed by atoms with Crippen molar-refractivity contribution in [2.45, 2.75) is 13.8 Å². The molecule has 21 heavy (non-hydrogen) atoms. The number of hydrogen-bond donors (Lipinski definition) is 0. The van der Waals surface area contributed by atoms with Crippen LogP contribution in [0.1, 0.15) is 24.2 Å².